The molecule has 0 aliphatic carbocycles. The second-order valence-electron chi connectivity index (χ2n) is 5.45. The van der Waals surface area contributed by atoms with Crippen LogP contribution in [0.3, 0.4) is 0 Å². The Morgan fingerprint density at radius 3 is 2.24 bits per heavy atom. The van der Waals surface area contributed by atoms with Crippen molar-refractivity contribution >= 4 is 28.9 Å². The smallest absolute Gasteiger partial charge is 0.379 e. The van der Waals surface area contributed by atoms with Crippen molar-refractivity contribution in [2.24, 2.45) is 10.2 Å². The van der Waals surface area contributed by atoms with Crippen molar-refractivity contribution in [3.05, 3.63) is 76.7 Å². The standard InChI is InChI=1S/C19H15ClN2O3/c1-12-10-16(22-21-15-7-5-14(20)6-8-15)11-13(2)18(12)25-19(23)17-4-3-9-24-17/h3-11H,1-2H3. The van der Waals surface area contributed by atoms with Crippen LogP contribution in [0.4, 0.5) is 11.4 Å². The number of halogens is 1. The lowest BCUT2D eigenvalue weighted by Gasteiger charge is -2.10. The predicted molar refractivity (Wildman–Crippen MR) is 95.2 cm³/mol. The Morgan fingerprint density at radius 2 is 1.64 bits per heavy atom. The number of esters is 1. The fraction of sp³-hybridized carbons (Fsp3) is 0.105. The summed E-state index contributed by atoms with van der Waals surface area (Å²) >= 11 is 5.85. The van der Waals surface area contributed by atoms with Crippen LogP contribution in [0.25, 0.3) is 0 Å². The third-order valence-electron chi connectivity index (χ3n) is 3.47. The highest BCUT2D eigenvalue weighted by molar-refractivity contribution is 6.30. The molecule has 3 aromatic rings. The van der Waals surface area contributed by atoms with Crippen LogP contribution >= 0.6 is 11.6 Å². The molecular weight excluding hydrogens is 340 g/mol. The van der Waals surface area contributed by atoms with Gasteiger partial charge in [-0.15, -0.1) is 0 Å². The maximum atomic E-state index is 12.0. The van der Waals surface area contributed by atoms with Gasteiger partial charge in [0.05, 0.1) is 17.6 Å². The molecule has 0 atom stereocenters. The minimum atomic E-state index is -0.535. The average molecular weight is 355 g/mol. The quantitative estimate of drug-likeness (QED) is 0.319. The summed E-state index contributed by atoms with van der Waals surface area (Å²) in [6, 6.07) is 13.9. The first-order valence-electron chi connectivity index (χ1n) is 7.57. The molecule has 126 valence electrons. The summed E-state index contributed by atoms with van der Waals surface area (Å²) in [4.78, 5) is 12.0. The lowest BCUT2D eigenvalue weighted by atomic mass is 10.1. The van der Waals surface area contributed by atoms with E-state index in [1.807, 2.05) is 13.8 Å². The summed E-state index contributed by atoms with van der Waals surface area (Å²) in [7, 11) is 0. The molecule has 0 unspecified atom stereocenters. The largest absolute Gasteiger partial charge is 0.457 e. The molecule has 1 heterocycles. The molecule has 0 amide bonds. The zero-order chi connectivity index (χ0) is 17.8. The molecule has 0 radical (unpaired) electrons. The van der Waals surface area contributed by atoms with Gasteiger partial charge in [0.2, 0.25) is 5.76 Å². The van der Waals surface area contributed by atoms with Crippen LogP contribution in [0.15, 0.2) is 69.4 Å². The van der Waals surface area contributed by atoms with E-state index < -0.39 is 5.97 Å². The Hall–Kier alpha value is -2.92. The second-order valence-corrected chi connectivity index (χ2v) is 5.89. The summed E-state index contributed by atoms with van der Waals surface area (Å²) in [5, 5.41) is 9.04. The lowest BCUT2D eigenvalue weighted by molar-refractivity contribution is 0.0699. The van der Waals surface area contributed by atoms with Crippen LogP contribution in [0.5, 0.6) is 5.75 Å². The highest BCUT2D eigenvalue weighted by atomic mass is 35.5. The van der Waals surface area contributed by atoms with Crippen LogP contribution in [-0.4, -0.2) is 5.97 Å². The van der Waals surface area contributed by atoms with Gasteiger partial charge < -0.3 is 9.15 Å². The SMILES string of the molecule is Cc1cc(N=Nc2ccc(Cl)cc2)cc(C)c1OC(=O)c1ccco1. The van der Waals surface area contributed by atoms with Crippen molar-refractivity contribution in [2.45, 2.75) is 13.8 Å². The van der Waals surface area contributed by atoms with Crippen LogP contribution in [0.1, 0.15) is 21.7 Å². The van der Waals surface area contributed by atoms with E-state index in [2.05, 4.69) is 10.2 Å². The molecule has 0 N–H and O–H groups in total. The number of carbonyl (C=O) groups excluding carboxylic acids is 1. The monoisotopic (exact) mass is 354 g/mol. The van der Waals surface area contributed by atoms with E-state index in [0.717, 1.165) is 11.1 Å². The summed E-state index contributed by atoms with van der Waals surface area (Å²) in [5.74, 6) is 0.115. The fourth-order valence-corrected chi connectivity index (χ4v) is 2.43. The topological polar surface area (TPSA) is 64.2 Å². The molecule has 0 bridgehead atoms. The van der Waals surface area contributed by atoms with Gasteiger partial charge >= 0.3 is 5.97 Å². The van der Waals surface area contributed by atoms with Gasteiger partial charge in [0, 0.05) is 5.02 Å². The van der Waals surface area contributed by atoms with Crippen molar-refractivity contribution in [1.82, 2.24) is 0 Å². The number of hydrogen-bond donors (Lipinski definition) is 0. The second kappa shape index (κ2) is 7.32. The first-order valence-corrected chi connectivity index (χ1v) is 7.95. The van der Waals surface area contributed by atoms with Gasteiger partial charge in [-0.1, -0.05) is 11.6 Å². The highest BCUT2D eigenvalue weighted by Gasteiger charge is 2.15. The maximum Gasteiger partial charge on any atom is 0.379 e. The van der Waals surface area contributed by atoms with Gasteiger partial charge in [-0.25, -0.2) is 4.79 Å². The minimum absolute atomic E-state index is 0.158. The van der Waals surface area contributed by atoms with E-state index in [1.165, 1.54) is 6.26 Å². The molecular formula is C19H15ClN2O3. The van der Waals surface area contributed by atoms with E-state index in [-0.39, 0.29) is 5.76 Å². The zero-order valence-corrected chi connectivity index (χ0v) is 14.4. The first-order chi connectivity index (χ1) is 12.0. The molecule has 0 saturated heterocycles. The zero-order valence-electron chi connectivity index (χ0n) is 13.7. The van der Waals surface area contributed by atoms with Crippen molar-refractivity contribution in [3.8, 4) is 5.75 Å². The number of hydrogen-bond acceptors (Lipinski definition) is 5. The maximum absolute atomic E-state index is 12.0. The third-order valence-corrected chi connectivity index (χ3v) is 3.72. The van der Waals surface area contributed by atoms with Gasteiger partial charge in [-0.2, -0.15) is 10.2 Å². The number of furan rings is 1. The lowest BCUT2D eigenvalue weighted by Crippen LogP contribution is -2.09. The van der Waals surface area contributed by atoms with Crippen molar-refractivity contribution < 1.29 is 13.9 Å². The highest BCUT2D eigenvalue weighted by Crippen LogP contribution is 2.30. The van der Waals surface area contributed by atoms with Crippen molar-refractivity contribution in [2.75, 3.05) is 0 Å². The predicted octanol–water partition coefficient (Wildman–Crippen LogP) is 6.18. The Morgan fingerprint density at radius 1 is 1.00 bits per heavy atom. The van der Waals surface area contributed by atoms with Crippen LogP contribution < -0.4 is 4.74 Å². The van der Waals surface area contributed by atoms with Crippen molar-refractivity contribution in [1.29, 1.82) is 0 Å². The first kappa shape index (κ1) is 16.9. The Labute approximate surface area is 149 Å². The van der Waals surface area contributed by atoms with E-state index in [0.29, 0.717) is 22.1 Å². The Bertz CT molecular complexity index is 893. The summed E-state index contributed by atoms with van der Waals surface area (Å²) in [6.07, 6.45) is 1.43. The van der Waals surface area contributed by atoms with Gasteiger partial charge in [-0.05, 0) is 73.5 Å². The molecule has 5 nitrogen and oxygen atoms in total. The summed E-state index contributed by atoms with van der Waals surface area (Å²) in [6.45, 7) is 3.69. The number of aryl methyl sites for hydroxylation is 2. The van der Waals surface area contributed by atoms with Crippen molar-refractivity contribution in [3.63, 3.8) is 0 Å². The molecule has 25 heavy (non-hydrogen) atoms. The molecule has 0 fully saturated rings. The number of ether oxygens (including phenoxy) is 1. The Kier molecular flexibility index (Phi) is 4.95. The number of azo groups is 1. The number of carbonyl (C=O) groups is 1. The van der Waals surface area contributed by atoms with E-state index in [4.69, 9.17) is 20.8 Å². The summed E-state index contributed by atoms with van der Waals surface area (Å²) < 4.78 is 10.5. The number of nitrogens with zero attached hydrogens (tertiary/aromatic N) is 2. The van der Waals surface area contributed by atoms with Gasteiger partial charge in [0.15, 0.2) is 0 Å². The molecule has 6 heteroatoms. The number of benzene rings is 2. The van der Waals surface area contributed by atoms with Gasteiger partial charge in [-0.3, -0.25) is 0 Å². The van der Waals surface area contributed by atoms with E-state index in [1.54, 1.807) is 48.5 Å². The molecule has 0 spiro atoms. The minimum Gasteiger partial charge on any atom is -0.457 e. The van der Waals surface area contributed by atoms with E-state index >= 15 is 0 Å². The molecule has 2 aromatic carbocycles. The molecule has 0 aliphatic heterocycles. The number of rotatable bonds is 4. The van der Waals surface area contributed by atoms with Crippen LogP contribution in [0, 0.1) is 13.8 Å². The molecule has 1 aromatic heterocycles. The third kappa shape index (κ3) is 4.14. The summed E-state index contributed by atoms with van der Waals surface area (Å²) in [5.41, 5.74) is 2.94. The van der Waals surface area contributed by atoms with Crippen LogP contribution in [0.2, 0.25) is 5.02 Å². The average Bonchev–Trinajstić information content (AvgIpc) is 3.12. The Balaban J connectivity index is 1.80. The van der Waals surface area contributed by atoms with Crippen LogP contribution in [-0.2, 0) is 0 Å². The molecule has 0 aliphatic rings. The van der Waals surface area contributed by atoms with Gasteiger partial charge in [0.25, 0.3) is 0 Å². The van der Waals surface area contributed by atoms with Gasteiger partial charge in [0.1, 0.15) is 5.75 Å². The molecule has 3 rings (SSSR count). The normalized spacial score (nSPS) is 11.0. The fourth-order valence-electron chi connectivity index (χ4n) is 2.31. The molecule has 0 saturated carbocycles. The van der Waals surface area contributed by atoms with E-state index in [9.17, 15) is 4.79 Å².